The minimum atomic E-state index is -3.77. The van der Waals surface area contributed by atoms with E-state index >= 15 is 0 Å². The number of rotatable bonds is 5. The number of nitrogens with zero attached hydrogens (tertiary/aromatic N) is 3. The Kier molecular flexibility index (Phi) is 5.79. The maximum atomic E-state index is 12.9. The van der Waals surface area contributed by atoms with Crippen molar-refractivity contribution in [3.63, 3.8) is 0 Å². The minimum absolute atomic E-state index is 0.0769. The zero-order valence-electron chi connectivity index (χ0n) is 14.5. The molecule has 0 aliphatic carbocycles. The van der Waals surface area contributed by atoms with Gasteiger partial charge in [-0.3, -0.25) is 9.48 Å². The summed E-state index contributed by atoms with van der Waals surface area (Å²) >= 11 is 3.39. The lowest BCUT2D eigenvalue weighted by atomic mass is 10.2. The van der Waals surface area contributed by atoms with Crippen molar-refractivity contribution in [3.05, 3.63) is 46.1 Å². The van der Waals surface area contributed by atoms with Crippen LogP contribution in [0.25, 0.3) is 0 Å². The number of aryl methyl sites for hydroxylation is 1. The molecule has 1 aromatic heterocycles. The lowest BCUT2D eigenvalue weighted by molar-refractivity contribution is 0.0947. The molecule has 7 nitrogen and oxygen atoms in total. The summed E-state index contributed by atoms with van der Waals surface area (Å²) < 4.78 is 29.5. The predicted molar refractivity (Wildman–Crippen MR) is 101 cm³/mol. The van der Waals surface area contributed by atoms with Gasteiger partial charge in [-0.1, -0.05) is 34.5 Å². The lowest BCUT2D eigenvalue weighted by Gasteiger charge is -2.25. The number of piperidine rings is 1. The van der Waals surface area contributed by atoms with Crippen LogP contribution in [0.3, 0.4) is 0 Å². The van der Waals surface area contributed by atoms with Crippen LogP contribution in [0.4, 0.5) is 0 Å². The van der Waals surface area contributed by atoms with Gasteiger partial charge in [0.1, 0.15) is 0 Å². The lowest BCUT2D eigenvalue weighted by Crippen LogP contribution is -2.37. The molecule has 1 N–H and O–H groups in total. The van der Waals surface area contributed by atoms with Crippen molar-refractivity contribution < 1.29 is 13.2 Å². The fourth-order valence-electron chi connectivity index (χ4n) is 2.97. The highest BCUT2D eigenvalue weighted by molar-refractivity contribution is 9.10. The van der Waals surface area contributed by atoms with Gasteiger partial charge >= 0.3 is 0 Å². The van der Waals surface area contributed by atoms with Crippen LogP contribution in [0.15, 0.2) is 40.0 Å². The smallest absolute Gasteiger partial charge is 0.263 e. The van der Waals surface area contributed by atoms with E-state index in [0.29, 0.717) is 19.6 Å². The Balaban J connectivity index is 1.81. The molecule has 2 heterocycles. The minimum Gasteiger partial charge on any atom is -0.348 e. The molecule has 0 bridgehead atoms. The van der Waals surface area contributed by atoms with Crippen LogP contribution >= 0.6 is 15.9 Å². The van der Waals surface area contributed by atoms with Crippen molar-refractivity contribution in [3.8, 4) is 0 Å². The SMILES string of the molecule is Cn1cc(C(=O)NCc2cccc(Br)c2)c(S(=O)(=O)N2CCCCC2)n1. The first-order valence-electron chi connectivity index (χ1n) is 8.44. The Morgan fingerprint density at radius 1 is 1.27 bits per heavy atom. The van der Waals surface area contributed by atoms with Crippen LogP contribution in [0.1, 0.15) is 35.2 Å². The quantitative estimate of drug-likeness (QED) is 0.772. The van der Waals surface area contributed by atoms with Gasteiger partial charge in [-0.05, 0) is 30.5 Å². The monoisotopic (exact) mass is 440 g/mol. The Bertz CT molecular complexity index is 904. The van der Waals surface area contributed by atoms with Crippen molar-refractivity contribution in [2.75, 3.05) is 13.1 Å². The molecule has 1 aromatic carbocycles. The van der Waals surface area contributed by atoms with E-state index < -0.39 is 15.9 Å². The first-order chi connectivity index (χ1) is 12.4. The molecule has 0 spiro atoms. The molecule has 0 unspecified atom stereocenters. The second kappa shape index (κ2) is 7.89. The average molecular weight is 441 g/mol. The number of hydrogen-bond acceptors (Lipinski definition) is 4. The number of amides is 1. The van der Waals surface area contributed by atoms with E-state index in [4.69, 9.17) is 0 Å². The van der Waals surface area contributed by atoms with Gasteiger partial charge in [0.05, 0.1) is 5.56 Å². The van der Waals surface area contributed by atoms with Crippen molar-refractivity contribution in [1.82, 2.24) is 19.4 Å². The van der Waals surface area contributed by atoms with E-state index in [9.17, 15) is 13.2 Å². The second-order valence-corrected chi connectivity index (χ2v) is 9.07. The molecular formula is C17H21BrN4O3S. The van der Waals surface area contributed by atoms with Gasteiger partial charge in [-0.2, -0.15) is 9.40 Å². The summed E-state index contributed by atoms with van der Waals surface area (Å²) in [6.07, 6.45) is 4.13. The van der Waals surface area contributed by atoms with Crippen molar-refractivity contribution in [1.29, 1.82) is 0 Å². The Morgan fingerprint density at radius 2 is 2.00 bits per heavy atom. The second-order valence-electron chi connectivity index (χ2n) is 6.30. The number of sulfonamides is 1. The van der Waals surface area contributed by atoms with E-state index in [1.165, 1.54) is 15.2 Å². The highest BCUT2D eigenvalue weighted by Crippen LogP contribution is 2.22. The summed E-state index contributed by atoms with van der Waals surface area (Å²) in [5.41, 5.74) is 0.991. The van der Waals surface area contributed by atoms with Crippen LogP contribution in [-0.2, 0) is 23.6 Å². The molecule has 1 aliphatic heterocycles. The van der Waals surface area contributed by atoms with Gasteiger partial charge in [0, 0.05) is 37.4 Å². The maximum absolute atomic E-state index is 12.9. The third-order valence-corrected chi connectivity index (χ3v) is 6.61. The van der Waals surface area contributed by atoms with E-state index in [1.54, 1.807) is 7.05 Å². The number of nitrogens with one attached hydrogen (secondary N) is 1. The third kappa shape index (κ3) is 4.16. The van der Waals surface area contributed by atoms with Crippen LogP contribution in [0.5, 0.6) is 0 Å². The molecule has 0 saturated carbocycles. The molecule has 3 rings (SSSR count). The first kappa shape index (κ1) is 19.1. The zero-order chi connectivity index (χ0) is 18.7. The number of benzene rings is 1. The molecule has 1 amide bonds. The van der Waals surface area contributed by atoms with Crippen molar-refractivity contribution in [2.24, 2.45) is 7.05 Å². The molecular weight excluding hydrogens is 420 g/mol. The molecule has 0 radical (unpaired) electrons. The normalized spacial score (nSPS) is 15.8. The van der Waals surface area contributed by atoms with Gasteiger partial charge in [0.15, 0.2) is 0 Å². The fourth-order valence-corrected chi connectivity index (χ4v) is 5.05. The van der Waals surface area contributed by atoms with Crippen LogP contribution in [-0.4, -0.2) is 41.5 Å². The molecule has 2 aromatic rings. The topological polar surface area (TPSA) is 84.3 Å². The summed E-state index contributed by atoms with van der Waals surface area (Å²) in [7, 11) is -2.16. The number of carbonyl (C=O) groups excluding carboxylic acids is 1. The maximum Gasteiger partial charge on any atom is 0.263 e. The summed E-state index contributed by atoms with van der Waals surface area (Å²) in [6.45, 7) is 1.24. The standard InChI is InChI=1S/C17H21BrN4O3S/c1-21-12-15(16(23)19-11-13-6-5-7-14(18)10-13)17(20-21)26(24,25)22-8-3-2-4-9-22/h5-7,10,12H,2-4,8-9,11H2,1H3,(H,19,23). The highest BCUT2D eigenvalue weighted by Gasteiger charge is 2.33. The number of halogens is 1. The van der Waals surface area contributed by atoms with Gasteiger partial charge in [0.2, 0.25) is 5.03 Å². The van der Waals surface area contributed by atoms with Crippen molar-refractivity contribution >= 4 is 31.9 Å². The molecule has 26 heavy (non-hydrogen) atoms. The van der Waals surface area contributed by atoms with E-state index in [2.05, 4.69) is 26.3 Å². The Morgan fingerprint density at radius 3 is 2.69 bits per heavy atom. The third-order valence-electron chi connectivity index (χ3n) is 4.28. The summed E-state index contributed by atoms with van der Waals surface area (Å²) in [6, 6.07) is 7.56. The molecule has 9 heteroatoms. The number of carbonyl (C=O) groups is 1. The molecule has 0 atom stereocenters. The van der Waals surface area contributed by atoms with E-state index in [0.717, 1.165) is 29.3 Å². The highest BCUT2D eigenvalue weighted by atomic mass is 79.9. The number of aromatic nitrogens is 2. The molecule has 1 fully saturated rings. The van der Waals surface area contributed by atoms with Gasteiger partial charge in [0.25, 0.3) is 15.9 Å². The first-order valence-corrected chi connectivity index (χ1v) is 10.7. The summed E-state index contributed by atoms with van der Waals surface area (Å²) in [4.78, 5) is 12.6. The van der Waals surface area contributed by atoms with E-state index in [-0.39, 0.29) is 10.6 Å². The zero-order valence-corrected chi connectivity index (χ0v) is 16.9. The van der Waals surface area contributed by atoms with Crippen LogP contribution < -0.4 is 5.32 Å². The number of hydrogen-bond donors (Lipinski definition) is 1. The predicted octanol–water partition coefficient (Wildman–Crippen LogP) is 2.29. The molecule has 140 valence electrons. The average Bonchev–Trinajstić information content (AvgIpc) is 3.03. The van der Waals surface area contributed by atoms with Crippen LogP contribution in [0, 0.1) is 0 Å². The van der Waals surface area contributed by atoms with Gasteiger partial charge in [-0.15, -0.1) is 0 Å². The Hall–Kier alpha value is -1.71. The van der Waals surface area contributed by atoms with Gasteiger partial charge < -0.3 is 5.32 Å². The van der Waals surface area contributed by atoms with E-state index in [1.807, 2.05) is 24.3 Å². The van der Waals surface area contributed by atoms with Gasteiger partial charge in [-0.25, -0.2) is 8.42 Å². The molecule has 1 aliphatic rings. The largest absolute Gasteiger partial charge is 0.348 e. The fraction of sp³-hybridized carbons (Fsp3) is 0.412. The summed E-state index contributed by atoms with van der Waals surface area (Å²) in [5, 5.41) is 6.67. The summed E-state index contributed by atoms with van der Waals surface area (Å²) in [5.74, 6) is -0.450. The molecule has 1 saturated heterocycles. The Labute approximate surface area is 161 Å². The van der Waals surface area contributed by atoms with Crippen LogP contribution in [0.2, 0.25) is 0 Å². The van der Waals surface area contributed by atoms with Crippen molar-refractivity contribution in [2.45, 2.75) is 30.8 Å².